The van der Waals surface area contributed by atoms with Gasteiger partial charge in [0.25, 0.3) is 0 Å². The number of aliphatic hydroxyl groups is 2. The summed E-state index contributed by atoms with van der Waals surface area (Å²) in [5.74, 6) is -9.09. The van der Waals surface area contributed by atoms with Crippen LogP contribution in [0.4, 0.5) is 9.59 Å². The van der Waals surface area contributed by atoms with Crippen molar-refractivity contribution in [3.63, 3.8) is 0 Å². The Kier molecular flexibility index (Phi) is 13.7. The van der Waals surface area contributed by atoms with Crippen molar-refractivity contribution in [3.05, 3.63) is 71.8 Å². The van der Waals surface area contributed by atoms with Crippen LogP contribution in [0.1, 0.15) is 104 Å². The third kappa shape index (κ3) is 8.86. The zero-order valence-corrected chi connectivity index (χ0v) is 38.7. The topological polar surface area (TPSA) is 231 Å². The maximum Gasteiger partial charge on any atom is 0.410 e. The highest BCUT2D eigenvalue weighted by molar-refractivity contribution is 6.40. The second-order valence-electron chi connectivity index (χ2n) is 19.7. The van der Waals surface area contributed by atoms with E-state index in [2.05, 4.69) is 5.32 Å². The number of ketones is 2. The zero-order chi connectivity index (χ0) is 48.0. The normalized spacial score (nSPS) is 32.3. The van der Waals surface area contributed by atoms with E-state index in [1.54, 1.807) is 90.1 Å². The van der Waals surface area contributed by atoms with Crippen molar-refractivity contribution in [1.29, 1.82) is 0 Å². The standard InChI is InChI=1S/C48H62N2O15/c1-11-22-50(10)43(58)62-36(34(28-18-14-12-15-19-28)49-42(57)65-44(4,5)6)41(56)61-30-24-48(59)39(63-40(55)29-20-16-13-17-21-29)37-46(9,38(54)35(53)33(26(30)2)45(48,7)8)31(52)23-32-47(37,25-60-32)64-27(3)51/h12-21,26,30-34,36-37,39,52,59H,11,22-25H2,1-10H3,(H,49,57)/t26?,30-,31-,32+,33?,34-,36+,37-,39-,46+,47-,48+/m0/s1. The summed E-state index contributed by atoms with van der Waals surface area (Å²) in [7, 11) is 1.47. The summed E-state index contributed by atoms with van der Waals surface area (Å²) in [5.41, 5.74) is -8.55. The maximum atomic E-state index is 15.1. The number of benzene rings is 2. The predicted octanol–water partition coefficient (Wildman–Crippen LogP) is 4.89. The molecule has 6 rings (SSSR count). The molecule has 2 amide bonds. The molecule has 17 heteroatoms. The lowest BCUT2D eigenvalue weighted by Gasteiger charge is -2.67. The van der Waals surface area contributed by atoms with Crippen molar-refractivity contribution in [2.45, 2.75) is 135 Å². The Morgan fingerprint density at radius 1 is 0.969 bits per heavy atom. The van der Waals surface area contributed by atoms with Crippen molar-refractivity contribution in [3.8, 4) is 0 Å². The Labute approximate surface area is 378 Å². The minimum atomic E-state index is -2.41. The highest BCUT2D eigenvalue weighted by Crippen LogP contribution is 2.64. The summed E-state index contributed by atoms with van der Waals surface area (Å²) < 4.78 is 36.0. The SMILES string of the molecule is CCCN(C)C(=O)O[C@@H](C(=O)O[C@H]1C[C@@]2(O)[C@@H](OC(=O)c3ccccc3)[C@@H]3[C@]4(OC(C)=O)CO[C@@H]4C[C@H](O)[C@@]3(C)C(=O)C(=O)C(C1C)C2(C)C)[C@@H](NC(=O)OC(C)(C)C)c1ccccc1. The van der Waals surface area contributed by atoms with Crippen molar-refractivity contribution in [1.82, 2.24) is 10.2 Å². The van der Waals surface area contributed by atoms with Crippen LogP contribution in [0.25, 0.3) is 0 Å². The summed E-state index contributed by atoms with van der Waals surface area (Å²) in [6, 6.07) is 14.6. The van der Waals surface area contributed by atoms with Crippen LogP contribution in [-0.4, -0.2) is 124 Å². The van der Waals surface area contributed by atoms with E-state index < -0.39 is 130 Å². The molecule has 0 spiro atoms. The van der Waals surface area contributed by atoms with Crippen LogP contribution in [0.3, 0.4) is 0 Å². The number of nitrogens with one attached hydrogen (secondary N) is 1. The quantitative estimate of drug-likeness (QED) is 0.155. The number of esters is 3. The number of carbonyl (C=O) groups is 7. The molecule has 12 atom stereocenters. The van der Waals surface area contributed by atoms with Gasteiger partial charge in [-0.25, -0.2) is 19.2 Å². The van der Waals surface area contributed by atoms with Gasteiger partial charge in [-0.1, -0.05) is 76.2 Å². The Morgan fingerprint density at radius 3 is 2.14 bits per heavy atom. The molecule has 4 fully saturated rings. The van der Waals surface area contributed by atoms with Gasteiger partial charge in [0.15, 0.2) is 5.60 Å². The van der Waals surface area contributed by atoms with E-state index in [9.17, 15) is 34.2 Å². The highest BCUT2D eigenvalue weighted by atomic mass is 16.6. The van der Waals surface area contributed by atoms with Crippen molar-refractivity contribution >= 4 is 41.7 Å². The first kappa shape index (κ1) is 49.1. The van der Waals surface area contributed by atoms with Gasteiger partial charge in [0.05, 0.1) is 29.6 Å². The van der Waals surface area contributed by atoms with E-state index in [1.165, 1.54) is 31.0 Å². The molecular formula is C48H62N2O15. The van der Waals surface area contributed by atoms with Gasteiger partial charge in [-0.3, -0.25) is 14.4 Å². The summed E-state index contributed by atoms with van der Waals surface area (Å²) in [6.45, 7) is 13.8. The largest absolute Gasteiger partial charge is 0.459 e. The fourth-order valence-corrected chi connectivity index (χ4v) is 10.6. The monoisotopic (exact) mass is 906 g/mol. The molecule has 17 nitrogen and oxygen atoms in total. The molecule has 2 bridgehead atoms. The number of alkyl carbamates (subject to hydrolysis) is 1. The molecule has 2 aromatic rings. The van der Waals surface area contributed by atoms with Crippen LogP contribution in [0.15, 0.2) is 60.7 Å². The Balaban J connectivity index is 1.51. The third-order valence-corrected chi connectivity index (χ3v) is 14.0. The van der Waals surface area contributed by atoms with Gasteiger partial charge >= 0.3 is 30.1 Å². The molecule has 2 aromatic carbocycles. The summed E-state index contributed by atoms with van der Waals surface area (Å²) in [4.78, 5) is 101. The van der Waals surface area contributed by atoms with Gasteiger partial charge < -0.3 is 48.9 Å². The fraction of sp³-hybridized carbons (Fsp3) is 0.604. The molecule has 3 N–H and O–H groups in total. The Bertz CT molecular complexity index is 2160. The number of rotatable bonds is 11. The number of hydrogen-bond donors (Lipinski definition) is 3. The number of Topliss-reactive ketones (excluding diaryl/α,β-unsaturated/α-hetero) is 2. The van der Waals surface area contributed by atoms with Gasteiger partial charge in [-0.15, -0.1) is 0 Å². The Hall–Kier alpha value is -5.39. The van der Waals surface area contributed by atoms with Gasteiger partial charge in [0.1, 0.15) is 35.6 Å². The van der Waals surface area contributed by atoms with E-state index in [0.29, 0.717) is 12.0 Å². The number of hydrogen-bond acceptors (Lipinski definition) is 15. The molecule has 1 saturated heterocycles. The smallest absolute Gasteiger partial charge is 0.410 e. The highest BCUT2D eigenvalue weighted by Gasteiger charge is 2.79. The van der Waals surface area contributed by atoms with Gasteiger partial charge in [0, 0.05) is 50.6 Å². The zero-order valence-electron chi connectivity index (χ0n) is 38.7. The van der Waals surface area contributed by atoms with Crippen LogP contribution in [0.5, 0.6) is 0 Å². The molecule has 3 aliphatic carbocycles. The van der Waals surface area contributed by atoms with E-state index in [-0.39, 0.29) is 25.1 Å². The first-order chi connectivity index (χ1) is 30.3. The molecule has 4 aliphatic rings. The fourth-order valence-electron chi connectivity index (χ4n) is 10.6. The molecule has 3 saturated carbocycles. The molecule has 1 aliphatic heterocycles. The average Bonchev–Trinajstić information content (AvgIpc) is 3.23. The molecule has 2 unspecified atom stereocenters. The predicted molar refractivity (Wildman–Crippen MR) is 230 cm³/mol. The molecular weight excluding hydrogens is 845 g/mol. The molecule has 0 radical (unpaired) electrons. The third-order valence-electron chi connectivity index (χ3n) is 14.0. The first-order valence-electron chi connectivity index (χ1n) is 22.1. The maximum absolute atomic E-state index is 15.1. The van der Waals surface area contributed by atoms with Crippen molar-refractivity contribution in [2.75, 3.05) is 20.2 Å². The first-order valence-corrected chi connectivity index (χ1v) is 22.1. The number of carbonyl (C=O) groups excluding carboxylic acids is 7. The van der Waals surface area contributed by atoms with Crippen LogP contribution in [0, 0.1) is 28.6 Å². The number of amides is 2. The molecule has 0 aromatic heterocycles. The molecule has 65 heavy (non-hydrogen) atoms. The van der Waals surface area contributed by atoms with Gasteiger partial charge in [-0.05, 0) is 51.8 Å². The van der Waals surface area contributed by atoms with E-state index in [4.69, 9.17) is 28.4 Å². The minimum Gasteiger partial charge on any atom is -0.459 e. The lowest BCUT2D eigenvalue weighted by atomic mass is 9.42. The summed E-state index contributed by atoms with van der Waals surface area (Å²) in [6.07, 6.45) is -9.96. The van der Waals surface area contributed by atoms with Crippen LogP contribution >= 0.6 is 0 Å². The van der Waals surface area contributed by atoms with Crippen LogP contribution < -0.4 is 5.32 Å². The van der Waals surface area contributed by atoms with Gasteiger partial charge in [0.2, 0.25) is 17.7 Å². The number of fused-ring (bicyclic) bond motifs is 5. The second kappa shape index (κ2) is 18.1. The van der Waals surface area contributed by atoms with Crippen LogP contribution in [0.2, 0.25) is 0 Å². The molecule has 1 heterocycles. The van der Waals surface area contributed by atoms with E-state index >= 15 is 9.59 Å². The number of nitrogens with zero attached hydrogens (tertiary/aromatic N) is 1. The van der Waals surface area contributed by atoms with Gasteiger partial charge in [-0.2, -0.15) is 0 Å². The van der Waals surface area contributed by atoms with E-state index in [1.807, 2.05) is 6.92 Å². The lowest BCUT2D eigenvalue weighted by Crippen LogP contribution is -2.82. The second-order valence-corrected chi connectivity index (χ2v) is 19.7. The van der Waals surface area contributed by atoms with Crippen molar-refractivity contribution < 1.29 is 72.2 Å². The lowest BCUT2D eigenvalue weighted by molar-refractivity contribution is -0.350. The number of aliphatic hydroxyl groups excluding tert-OH is 1. The summed E-state index contributed by atoms with van der Waals surface area (Å²) >= 11 is 0. The van der Waals surface area contributed by atoms with Crippen molar-refractivity contribution in [2.24, 2.45) is 28.6 Å². The van der Waals surface area contributed by atoms with Crippen LogP contribution in [-0.2, 0) is 47.6 Å². The number of ether oxygens (including phenoxy) is 6. The van der Waals surface area contributed by atoms with E-state index in [0.717, 1.165) is 6.92 Å². The average molecular weight is 907 g/mol. The Morgan fingerprint density at radius 2 is 1.58 bits per heavy atom. The molecule has 354 valence electrons. The minimum absolute atomic E-state index is 0.0604. The summed E-state index contributed by atoms with van der Waals surface area (Å²) in [5, 5.41) is 28.3.